The Bertz CT molecular complexity index is 177. The zero-order valence-electron chi connectivity index (χ0n) is 9.63. The van der Waals surface area contributed by atoms with Crippen molar-refractivity contribution in [3.63, 3.8) is 0 Å². The zero-order chi connectivity index (χ0) is 9.97. The second-order valence-corrected chi connectivity index (χ2v) is 5.26. The van der Waals surface area contributed by atoms with E-state index in [1.807, 2.05) is 0 Å². The minimum atomic E-state index is 0.766. The van der Waals surface area contributed by atoms with Gasteiger partial charge in [-0.25, -0.2) is 0 Å². The van der Waals surface area contributed by atoms with Crippen LogP contribution in [0.2, 0.25) is 0 Å². The van der Waals surface area contributed by atoms with Gasteiger partial charge in [0.05, 0.1) is 0 Å². The lowest BCUT2D eigenvalue weighted by Gasteiger charge is -2.37. The molecule has 1 heterocycles. The minimum absolute atomic E-state index is 0.766. The summed E-state index contributed by atoms with van der Waals surface area (Å²) in [4.78, 5) is 2.47. The van der Waals surface area contributed by atoms with Gasteiger partial charge >= 0.3 is 0 Å². The zero-order valence-corrected chi connectivity index (χ0v) is 9.63. The molecule has 1 N–H and O–H groups in total. The molecule has 2 aliphatic rings. The van der Waals surface area contributed by atoms with E-state index in [0.29, 0.717) is 0 Å². The highest BCUT2D eigenvalue weighted by atomic mass is 15.1. The minimum Gasteiger partial charge on any atom is -0.314 e. The van der Waals surface area contributed by atoms with Crippen molar-refractivity contribution < 1.29 is 0 Å². The fraction of sp³-hybridized carbons (Fsp3) is 1.00. The van der Waals surface area contributed by atoms with Gasteiger partial charge in [0.25, 0.3) is 0 Å². The van der Waals surface area contributed by atoms with Gasteiger partial charge in [0, 0.05) is 12.1 Å². The maximum absolute atomic E-state index is 3.75. The van der Waals surface area contributed by atoms with Crippen LogP contribution in [0.1, 0.15) is 39.0 Å². The van der Waals surface area contributed by atoms with Gasteiger partial charge < -0.3 is 10.2 Å². The van der Waals surface area contributed by atoms with E-state index < -0.39 is 0 Å². The van der Waals surface area contributed by atoms with Crippen molar-refractivity contribution in [2.75, 3.05) is 20.1 Å². The molecule has 1 saturated carbocycles. The monoisotopic (exact) mass is 196 g/mol. The molecule has 0 bridgehead atoms. The average Bonchev–Trinajstić information content (AvgIpc) is 2.08. The van der Waals surface area contributed by atoms with Gasteiger partial charge in [-0.15, -0.1) is 0 Å². The molecule has 2 fully saturated rings. The molecular formula is C12H24N2. The van der Waals surface area contributed by atoms with Crippen molar-refractivity contribution in [2.45, 2.75) is 51.1 Å². The Hall–Kier alpha value is -0.0800. The van der Waals surface area contributed by atoms with Crippen LogP contribution in [-0.2, 0) is 0 Å². The molecule has 0 aromatic heterocycles. The Kier molecular flexibility index (Phi) is 3.45. The van der Waals surface area contributed by atoms with Crippen LogP contribution in [0.3, 0.4) is 0 Å². The molecule has 0 aromatic carbocycles. The summed E-state index contributed by atoms with van der Waals surface area (Å²) in [7, 11) is 2.24. The molecule has 14 heavy (non-hydrogen) atoms. The van der Waals surface area contributed by atoms with Crippen LogP contribution in [-0.4, -0.2) is 37.1 Å². The number of nitrogens with one attached hydrogen (secondary N) is 1. The highest BCUT2D eigenvalue weighted by molar-refractivity contribution is 4.82. The fourth-order valence-corrected chi connectivity index (χ4v) is 2.51. The molecule has 82 valence electrons. The predicted molar refractivity (Wildman–Crippen MR) is 60.5 cm³/mol. The Morgan fingerprint density at radius 1 is 1.29 bits per heavy atom. The quantitative estimate of drug-likeness (QED) is 0.741. The number of piperidine rings is 1. The van der Waals surface area contributed by atoms with Gasteiger partial charge in [-0.2, -0.15) is 0 Å². The van der Waals surface area contributed by atoms with E-state index >= 15 is 0 Å². The average molecular weight is 196 g/mol. The molecule has 1 aliphatic carbocycles. The highest BCUT2D eigenvalue weighted by Crippen LogP contribution is 2.26. The molecule has 1 aliphatic heterocycles. The summed E-state index contributed by atoms with van der Waals surface area (Å²) in [5.41, 5.74) is 0. The van der Waals surface area contributed by atoms with Crippen molar-refractivity contribution in [1.82, 2.24) is 10.2 Å². The topological polar surface area (TPSA) is 15.3 Å². The first-order chi connectivity index (χ1) is 6.75. The van der Waals surface area contributed by atoms with Crippen LogP contribution in [0.5, 0.6) is 0 Å². The summed E-state index contributed by atoms with van der Waals surface area (Å²) in [6.07, 6.45) is 7.08. The van der Waals surface area contributed by atoms with Crippen molar-refractivity contribution >= 4 is 0 Å². The lowest BCUT2D eigenvalue weighted by molar-refractivity contribution is 0.161. The van der Waals surface area contributed by atoms with Gasteiger partial charge in [-0.05, 0) is 58.7 Å². The Morgan fingerprint density at radius 3 is 2.64 bits per heavy atom. The first kappa shape index (κ1) is 10.4. The van der Waals surface area contributed by atoms with E-state index in [1.54, 1.807) is 0 Å². The second kappa shape index (κ2) is 4.63. The van der Waals surface area contributed by atoms with Crippen LogP contribution in [0, 0.1) is 5.92 Å². The Labute approximate surface area is 88.1 Å². The molecular weight excluding hydrogens is 172 g/mol. The largest absolute Gasteiger partial charge is 0.314 e. The van der Waals surface area contributed by atoms with E-state index in [-0.39, 0.29) is 0 Å². The van der Waals surface area contributed by atoms with Crippen molar-refractivity contribution in [2.24, 2.45) is 5.92 Å². The number of likely N-dealkylation sites (tertiary alicyclic amines) is 1. The molecule has 0 radical (unpaired) electrons. The summed E-state index contributed by atoms with van der Waals surface area (Å²) in [5.74, 6) is 1.00. The van der Waals surface area contributed by atoms with Crippen LogP contribution < -0.4 is 5.32 Å². The fourth-order valence-electron chi connectivity index (χ4n) is 2.51. The molecule has 2 heteroatoms. The summed E-state index contributed by atoms with van der Waals surface area (Å²) < 4.78 is 0. The molecule has 2 atom stereocenters. The summed E-state index contributed by atoms with van der Waals surface area (Å²) in [5, 5.41) is 3.75. The number of rotatable bonds is 3. The van der Waals surface area contributed by atoms with Crippen molar-refractivity contribution in [1.29, 1.82) is 0 Å². The maximum Gasteiger partial charge on any atom is 0.00941 e. The van der Waals surface area contributed by atoms with E-state index in [4.69, 9.17) is 0 Å². The molecule has 1 saturated heterocycles. The normalized spacial score (nSPS) is 35.6. The first-order valence-corrected chi connectivity index (χ1v) is 6.19. The van der Waals surface area contributed by atoms with Crippen molar-refractivity contribution in [3.8, 4) is 0 Å². The SMILES string of the molecule is CC1CC(NCC2CCC2)CCN1C. The lowest BCUT2D eigenvalue weighted by Crippen LogP contribution is -2.47. The Morgan fingerprint density at radius 2 is 2.07 bits per heavy atom. The van der Waals surface area contributed by atoms with Gasteiger partial charge in [-0.1, -0.05) is 6.42 Å². The third-order valence-electron chi connectivity index (χ3n) is 4.13. The number of hydrogen-bond donors (Lipinski definition) is 1. The van der Waals surface area contributed by atoms with Gasteiger partial charge in [0.15, 0.2) is 0 Å². The lowest BCUT2D eigenvalue weighted by atomic mass is 9.85. The Balaban J connectivity index is 1.65. The van der Waals surface area contributed by atoms with Crippen LogP contribution in [0.4, 0.5) is 0 Å². The molecule has 0 amide bonds. The maximum atomic E-state index is 3.75. The third-order valence-corrected chi connectivity index (χ3v) is 4.13. The van der Waals surface area contributed by atoms with Crippen LogP contribution >= 0.6 is 0 Å². The van der Waals surface area contributed by atoms with E-state index in [9.17, 15) is 0 Å². The second-order valence-electron chi connectivity index (χ2n) is 5.26. The molecule has 0 spiro atoms. The highest BCUT2D eigenvalue weighted by Gasteiger charge is 2.24. The van der Waals surface area contributed by atoms with E-state index in [0.717, 1.165) is 18.0 Å². The summed E-state index contributed by atoms with van der Waals surface area (Å²) in [6.45, 7) is 4.89. The first-order valence-electron chi connectivity index (χ1n) is 6.19. The van der Waals surface area contributed by atoms with Crippen LogP contribution in [0.15, 0.2) is 0 Å². The number of hydrogen-bond acceptors (Lipinski definition) is 2. The summed E-state index contributed by atoms with van der Waals surface area (Å²) >= 11 is 0. The molecule has 2 unspecified atom stereocenters. The van der Waals surface area contributed by atoms with Gasteiger partial charge in [0.1, 0.15) is 0 Å². The van der Waals surface area contributed by atoms with Gasteiger partial charge in [0.2, 0.25) is 0 Å². The van der Waals surface area contributed by atoms with Crippen LogP contribution in [0.25, 0.3) is 0 Å². The van der Waals surface area contributed by atoms with Gasteiger partial charge in [-0.3, -0.25) is 0 Å². The van der Waals surface area contributed by atoms with E-state index in [2.05, 4.69) is 24.2 Å². The van der Waals surface area contributed by atoms with Crippen molar-refractivity contribution in [3.05, 3.63) is 0 Å². The standard InChI is InChI=1S/C12H24N2/c1-10-8-12(6-7-14(10)2)13-9-11-4-3-5-11/h10-13H,3-9H2,1-2H3. The third kappa shape index (κ3) is 2.48. The predicted octanol–water partition coefficient (Wildman–Crippen LogP) is 1.86. The van der Waals surface area contributed by atoms with E-state index in [1.165, 1.54) is 45.2 Å². The molecule has 2 rings (SSSR count). The summed E-state index contributed by atoms with van der Waals surface area (Å²) in [6, 6.07) is 1.56. The smallest absolute Gasteiger partial charge is 0.00941 e. The number of nitrogens with zero attached hydrogens (tertiary/aromatic N) is 1. The molecule has 0 aromatic rings. The molecule has 2 nitrogen and oxygen atoms in total.